The SMILES string of the molecule is C=C1CO[C@@]2(O[C@H]3CC4[C@@H]5CC=C6C[C@@H](O)C[C@@H](O[C@@H]7O[C@H](CO)[C@@H](O)[C@H](O[C@@H]8OC[C@@H](O)[C@H](O)[C@H]8O)[C@H]7O[C@@H]7O[C@@H](C)[C@H](O)[C@@H](O[C@@H]8OC[C@](O)(CO)[C@H]8O)[C@H]7O)[C@]6(C)C5CC[C@]4(C)[C@H]3[C@@H]2CO)[C@@H](O)[C@H]1O[C@@H]1O[C@H](C)[C@H](O)[C@H](O)[C@H]1O. The van der Waals surface area contributed by atoms with Crippen molar-refractivity contribution in [2.75, 3.05) is 39.6 Å². The Bertz CT molecular complexity index is 2320. The van der Waals surface area contributed by atoms with Crippen LogP contribution in [0.1, 0.15) is 66.2 Å². The van der Waals surface area contributed by atoms with Gasteiger partial charge in [-0.15, -0.1) is 0 Å². The average Bonchev–Trinajstić information content (AvgIpc) is 1.62. The van der Waals surface area contributed by atoms with Gasteiger partial charge in [-0.2, -0.15) is 0 Å². The molecule has 0 aromatic rings. The van der Waals surface area contributed by atoms with Gasteiger partial charge >= 0.3 is 0 Å². The van der Waals surface area contributed by atoms with Crippen LogP contribution < -0.4 is 0 Å². The first-order valence-electron chi connectivity index (χ1n) is 29.1. The van der Waals surface area contributed by atoms with Crippen LogP contribution in [0.2, 0.25) is 0 Å². The summed E-state index contributed by atoms with van der Waals surface area (Å²) in [6.07, 6.45) is -34.6. The predicted octanol–water partition coefficient (Wildman–Crippen LogP) is -6.03. The van der Waals surface area contributed by atoms with Gasteiger partial charge in [0, 0.05) is 23.7 Å². The summed E-state index contributed by atoms with van der Waals surface area (Å²) < 4.78 is 74.4. The van der Waals surface area contributed by atoms with E-state index in [-0.39, 0.29) is 36.7 Å². The Labute approximate surface area is 478 Å². The minimum Gasteiger partial charge on any atom is -0.396 e. The van der Waals surface area contributed by atoms with E-state index in [1.807, 2.05) is 0 Å². The van der Waals surface area contributed by atoms with E-state index in [2.05, 4.69) is 26.5 Å². The zero-order valence-electron chi connectivity index (χ0n) is 46.7. The van der Waals surface area contributed by atoms with Gasteiger partial charge in [-0.3, -0.25) is 0 Å². The molecule has 1 spiro atoms. The number of ether oxygens (including phenoxy) is 12. The summed E-state index contributed by atoms with van der Waals surface area (Å²) in [6, 6.07) is 0. The Kier molecular flexibility index (Phi) is 17.9. The number of allylic oxidation sites excluding steroid dienone is 1. The van der Waals surface area contributed by atoms with Crippen molar-refractivity contribution >= 4 is 0 Å². The van der Waals surface area contributed by atoms with Gasteiger partial charge in [-0.1, -0.05) is 32.1 Å². The van der Waals surface area contributed by atoms with Gasteiger partial charge in [0.25, 0.3) is 0 Å². The van der Waals surface area contributed by atoms with Gasteiger partial charge in [0.2, 0.25) is 5.79 Å². The fraction of sp³-hybridized carbons (Fsp3) is 0.927. The number of hydrogen-bond acceptors (Lipinski definition) is 28. The molecule has 0 aromatic carbocycles. The van der Waals surface area contributed by atoms with E-state index in [1.165, 1.54) is 13.8 Å². The van der Waals surface area contributed by atoms with E-state index < -0.39 is 221 Å². The Morgan fingerprint density at radius 3 is 2.01 bits per heavy atom. The second kappa shape index (κ2) is 23.6. The molecule has 7 saturated heterocycles. The van der Waals surface area contributed by atoms with Crippen LogP contribution in [0.4, 0.5) is 0 Å². The Balaban J connectivity index is 0.870. The molecule has 11 aliphatic rings. The monoisotopic (exact) mass is 1190 g/mol. The maximum absolute atomic E-state index is 12.3. The Morgan fingerprint density at radius 2 is 1.33 bits per heavy atom. The summed E-state index contributed by atoms with van der Waals surface area (Å²) in [7, 11) is 0. The lowest BCUT2D eigenvalue weighted by molar-refractivity contribution is -0.397. The second-order valence-corrected chi connectivity index (χ2v) is 25.8. The normalized spacial score (nSPS) is 57.2. The molecule has 28 nitrogen and oxygen atoms in total. The zero-order valence-corrected chi connectivity index (χ0v) is 46.7. The van der Waals surface area contributed by atoms with Crippen LogP contribution in [-0.4, -0.2) is 292 Å². The van der Waals surface area contributed by atoms with Crippen LogP contribution in [-0.2, 0) is 56.8 Å². The lowest BCUT2D eigenvalue weighted by Crippen LogP contribution is -2.67. The largest absolute Gasteiger partial charge is 0.396 e. The number of hydrogen-bond donors (Lipinski definition) is 16. The molecule has 0 bridgehead atoms. The third-order valence-electron chi connectivity index (χ3n) is 21.2. The molecule has 10 fully saturated rings. The van der Waals surface area contributed by atoms with Crippen LogP contribution in [0.5, 0.6) is 0 Å². The molecule has 35 atom stereocenters. The highest BCUT2D eigenvalue weighted by molar-refractivity contribution is 5.29. The molecule has 0 radical (unpaired) electrons. The van der Waals surface area contributed by atoms with Crippen molar-refractivity contribution < 1.29 is 139 Å². The summed E-state index contributed by atoms with van der Waals surface area (Å²) in [5.41, 5.74) is -2.30. The van der Waals surface area contributed by atoms with Gasteiger partial charge in [-0.05, 0) is 74.7 Å². The van der Waals surface area contributed by atoms with Gasteiger partial charge in [-0.25, -0.2) is 0 Å². The Hall–Kier alpha value is -1.64. The second-order valence-electron chi connectivity index (χ2n) is 25.8. The number of aliphatic hydroxyl groups is 16. The van der Waals surface area contributed by atoms with Crippen LogP contribution >= 0.6 is 0 Å². The molecule has 83 heavy (non-hydrogen) atoms. The molecule has 0 aromatic heterocycles. The maximum atomic E-state index is 12.3. The summed E-state index contributed by atoms with van der Waals surface area (Å²) in [5.74, 6) is -3.13. The fourth-order valence-corrected chi connectivity index (χ4v) is 16.4. The smallest absolute Gasteiger partial charge is 0.203 e. The van der Waals surface area contributed by atoms with E-state index in [4.69, 9.17) is 56.8 Å². The van der Waals surface area contributed by atoms with E-state index in [0.29, 0.717) is 37.7 Å². The minimum absolute atomic E-state index is 0.0390. The molecule has 474 valence electrons. The van der Waals surface area contributed by atoms with Crippen LogP contribution in [0.25, 0.3) is 0 Å². The number of rotatable bonds is 13. The maximum Gasteiger partial charge on any atom is 0.203 e. The Morgan fingerprint density at radius 1 is 0.651 bits per heavy atom. The molecule has 7 heterocycles. The fourth-order valence-electron chi connectivity index (χ4n) is 16.4. The predicted molar refractivity (Wildman–Crippen MR) is 272 cm³/mol. The zero-order chi connectivity index (χ0) is 59.7. The molecule has 2 unspecified atom stereocenters. The first-order chi connectivity index (χ1) is 39.3. The summed E-state index contributed by atoms with van der Waals surface area (Å²) in [4.78, 5) is 0. The molecular weight excluding hydrogens is 1110 g/mol. The highest BCUT2D eigenvalue weighted by Crippen LogP contribution is 2.71. The molecule has 7 aliphatic heterocycles. The van der Waals surface area contributed by atoms with Crippen molar-refractivity contribution in [3.8, 4) is 0 Å². The van der Waals surface area contributed by atoms with Crippen LogP contribution in [0, 0.1) is 40.4 Å². The van der Waals surface area contributed by atoms with E-state index in [9.17, 15) is 81.7 Å². The molecule has 0 amide bonds. The van der Waals surface area contributed by atoms with E-state index in [1.54, 1.807) is 0 Å². The van der Waals surface area contributed by atoms with Crippen molar-refractivity contribution in [2.24, 2.45) is 40.4 Å². The van der Waals surface area contributed by atoms with Crippen LogP contribution in [0.3, 0.4) is 0 Å². The van der Waals surface area contributed by atoms with Gasteiger partial charge in [0.15, 0.2) is 31.5 Å². The lowest BCUT2D eigenvalue weighted by Gasteiger charge is -2.61. The van der Waals surface area contributed by atoms with Crippen LogP contribution in [0.15, 0.2) is 23.8 Å². The third-order valence-corrected chi connectivity index (χ3v) is 21.2. The number of aliphatic hydroxyl groups excluding tert-OH is 15. The summed E-state index contributed by atoms with van der Waals surface area (Å²) in [6.45, 7) is 7.83. The van der Waals surface area contributed by atoms with Crippen molar-refractivity contribution in [1.82, 2.24) is 0 Å². The average molecular weight is 1200 g/mol. The van der Waals surface area contributed by atoms with Gasteiger partial charge in [0.05, 0.1) is 70.2 Å². The van der Waals surface area contributed by atoms with Crippen molar-refractivity contribution in [3.05, 3.63) is 23.8 Å². The lowest BCUT2D eigenvalue weighted by atomic mass is 9.46. The van der Waals surface area contributed by atoms with Gasteiger partial charge < -0.3 is 139 Å². The highest BCUT2D eigenvalue weighted by Gasteiger charge is 2.73. The third kappa shape index (κ3) is 10.3. The van der Waals surface area contributed by atoms with Crippen molar-refractivity contribution in [2.45, 2.75) is 237 Å². The van der Waals surface area contributed by atoms with E-state index >= 15 is 0 Å². The van der Waals surface area contributed by atoms with Crippen molar-refractivity contribution in [1.29, 1.82) is 0 Å². The highest BCUT2D eigenvalue weighted by atomic mass is 16.8. The van der Waals surface area contributed by atoms with E-state index in [0.717, 1.165) is 5.57 Å². The quantitative estimate of drug-likeness (QED) is 0.0763. The van der Waals surface area contributed by atoms with Gasteiger partial charge in [0.1, 0.15) is 103 Å². The molecular formula is C55H86O28. The number of fused-ring (bicyclic) bond motifs is 7. The molecule has 4 aliphatic carbocycles. The first kappa shape index (κ1) is 62.9. The topological polar surface area (TPSA) is 434 Å². The molecule has 16 N–H and O–H groups in total. The standard InChI is InChI=1S/C55H86O28/c1-19-15-74-55(45(69)41(19)79-48-39(67)37(65)33(61)20(2)75-48)27(13-56)32-29(83-55)12-26-24-7-6-22-10-23(59)11-31(53(22,5)25(24)8-9-52(26,32)4)78-50-44(43(36(64)30(14-57)77-50)81-47-38(66)35(63)28(60)16-72-47)82-49-40(68)42(34(62)21(3)76-49)80-51-46(70)54(71,17-58)18-73-51/h6,20-21,23-51,56-71H,1,7-18H2,2-5H3/t20-,21+,23-,24-,25?,26?,27+,28-,29+,30-,31-,32+,33+,34+,35+,36-,37+,38-,39-,40-,41+,42-,43+,44-,45+,46+,47+,48+,49+,50+,51+,52+,53+,54-,55+/m1/s1. The summed E-state index contributed by atoms with van der Waals surface area (Å²) in [5, 5.41) is 177. The first-order valence-corrected chi connectivity index (χ1v) is 29.1. The summed E-state index contributed by atoms with van der Waals surface area (Å²) >= 11 is 0. The van der Waals surface area contributed by atoms with Crippen molar-refractivity contribution in [3.63, 3.8) is 0 Å². The molecule has 28 heteroatoms. The molecule has 3 saturated carbocycles. The minimum atomic E-state index is -2.13. The molecule has 11 rings (SSSR count).